The standard InChI is InChI=1S/C15H18N4O3S/c1-8-4-5-9(2)11(6-8)16-13(21)7-12-14(22)17-15(23-12)19-18-10(3)20/h4-6,12H,7H2,1-3H3,(H,16,21)(H,18,20)(H,17,19,22)/t12-/m0/s1. The van der Waals surface area contributed by atoms with E-state index in [4.69, 9.17) is 0 Å². The van der Waals surface area contributed by atoms with E-state index in [1.54, 1.807) is 0 Å². The van der Waals surface area contributed by atoms with Crippen molar-refractivity contribution in [3.8, 4) is 0 Å². The van der Waals surface area contributed by atoms with Crippen molar-refractivity contribution in [1.82, 2.24) is 10.7 Å². The predicted octanol–water partition coefficient (Wildman–Crippen LogP) is 1.27. The Balaban J connectivity index is 1.95. The maximum absolute atomic E-state index is 12.1. The van der Waals surface area contributed by atoms with Crippen LogP contribution in [0.5, 0.6) is 0 Å². The molecule has 0 radical (unpaired) electrons. The van der Waals surface area contributed by atoms with Crippen molar-refractivity contribution in [2.75, 3.05) is 5.32 Å². The minimum absolute atomic E-state index is 0.0307. The van der Waals surface area contributed by atoms with E-state index in [9.17, 15) is 14.4 Å². The molecule has 1 aliphatic rings. The Morgan fingerprint density at radius 2 is 2.09 bits per heavy atom. The Hall–Kier alpha value is -2.35. The normalized spacial score (nSPS) is 18.7. The monoisotopic (exact) mass is 334 g/mol. The Morgan fingerprint density at radius 3 is 2.78 bits per heavy atom. The van der Waals surface area contributed by atoms with Gasteiger partial charge in [0.25, 0.3) is 0 Å². The number of anilines is 1. The van der Waals surface area contributed by atoms with Crippen molar-refractivity contribution < 1.29 is 14.4 Å². The fraction of sp³-hybridized carbons (Fsp3) is 0.333. The van der Waals surface area contributed by atoms with E-state index in [0.29, 0.717) is 0 Å². The smallest absolute Gasteiger partial charge is 0.240 e. The van der Waals surface area contributed by atoms with Gasteiger partial charge in [0.05, 0.1) is 0 Å². The maximum Gasteiger partial charge on any atom is 0.240 e. The van der Waals surface area contributed by atoms with Gasteiger partial charge in [-0.25, -0.2) is 5.43 Å². The molecule has 1 heterocycles. The number of aryl methyl sites for hydroxylation is 2. The molecule has 1 atom stereocenters. The topological polar surface area (TPSA) is 99.7 Å². The van der Waals surface area contributed by atoms with E-state index in [1.807, 2.05) is 32.0 Å². The third kappa shape index (κ3) is 4.82. The van der Waals surface area contributed by atoms with Crippen LogP contribution in [0.1, 0.15) is 24.5 Å². The van der Waals surface area contributed by atoms with E-state index in [1.165, 1.54) is 6.92 Å². The van der Waals surface area contributed by atoms with Crippen molar-refractivity contribution in [2.45, 2.75) is 32.4 Å². The second-order valence-electron chi connectivity index (χ2n) is 5.25. The quantitative estimate of drug-likeness (QED) is 0.722. The van der Waals surface area contributed by atoms with Crippen LogP contribution in [0.3, 0.4) is 0 Å². The van der Waals surface area contributed by atoms with Gasteiger partial charge >= 0.3 is 0 Å². The molecule has 3 amide bonds. The zero-order valence-electron chi connectivity index (χ0n) is 13.1. The number of nitrogens with zero attached hydrogens (tertiary/aromatic N) is 1. The second kappa shape index (κ2) is 7.28. The number of nitrogens with one attached hydrogen (secondary N) is 3. The first-order chi connectivity index (χ1) is 10.8. The number of hydrogen-bond acceptors (Lipinski definition) is 5. The summed E-state index contributed by atoms with van der Waals surface area (Å²) in [5.74, 6) is -0.870. The highest BCUT2D eigenvalue weighted by Gasteiger charge is 2.32. The number of rotatable bonds is 4. The molecule has 0 bridgehead atoms. The van der Waals surface area contributed by atoms with Crippen LogP contribution in [0.25, 0.3) is 0 Å². The van der Waals surface area contributed by atoms with Gasteiger partial charge in [-0.05, 0) is 31.0 Å². The van der Waals surface area contributed by atoms with E-state index < -0.39 is 5.25 Å². The first-order valence-corrected chi connectivity index (χ1v) is 7.92. The summed E-state index contributed by atoms with van der Waals surface area (Å²) in [5.41, 5.74) is 4.99. The maximum atomic E-state index is 12.1. The molecule has 0 saturated carbocycles. The number of carbonyl (C=O) groups excluding carboxylic acids is 3. The molecule has 8 heteroatoms. The summed E-state index contributed by atoms with van der Waals surface area (Å²) < 4.78 is 0. The fourth-order valence-corrected chi connectivity index (χ4v) is 2.89. The van der Waals surface area contributed by atoms with E-state index in [-0.39, 0.29) is 29.3 Å². The van der Waals surface area contributed by atoms with Gasteiger partial charge in [0.15, 0.2) is 5.17 Å². The average Bonchev–Trinajstić information content (AvgIpc) is 2.81. The van der Waals surface area contributed by atoms with Crippen molar-refractivity contribution in [1.29, 1.82) is 0 Å². The molecule has 1 saturated heterocycles. The minimum Gasteiger partial charge on any atom is -0.326 e. The zero-order chi connectivity index (χ0) is 17.0. The summed E-state index contributed by atoms with van der Waals surface area (Å²) in [4.78, 5) is 34.8. The first-order valence-electron chi connectivity index (χ1n) is 7.04. The highest BCUT2D eigenvalue weighted by atomic mass is 32.2. The van der Waals surface area contributed by atoms with Crippen molar-refractivity contribution >= 4 is 40.3 Å². The second-order valence-corrected chi connectivity index (χ2v) is 6.44. The summed E-state index contributed by atoms with van der Waals surface area (Å²) in [7, 11) is 0. The predicted molar refractivity (Wildman–Crippen MR) is 89.9 cm³/mol. The van der Waals surface area contributed by atoms with Crippen LogP contribution in [-0.4, -0.2) is 28.1 Å². The van der Waals surface area contributed by atoms with Crippen LogP contribution in [0.4, 0.5) is 5.69 Å². The molecule has 7 nitrogen and oxygen atoms in total. The van der Waals surface area contributed by atoms with Crippen LogP contribution in [0, 0.1) is 13.8 Å². The number of hydrogen-bond donors (Lipinski definition) is 3. The molecule has 0 aliphatic carbocycles. The lowest BCUT2D eigenvalue weighted by molar-refractivity contribution is -0.122. The van der Waals surface area contributed by atoms with Gasteiger partial charge < -0.3 is 10.6 Å². The van der Waals surface area contributed by atoms with Gasteiger partial charge in [0.1, 0.15) is 5.25 Å². The van der Waals surface area contributed by atoms with E-state index >= 15 is 0 Å². The first kappa shape index (κ1) is 17.0. The van der Waals surface area contributed by atoms with Gasteiger partial charge in [-0.2, -0.15) is 0 Å². The SMILES string of the molecule is CC(=O)N/N=C1\NC(=O)[C@H](CC(=O)Nc2cc(C)ccc2C)S1. The van der Waals surface area contributed by atoms with Gasteiger partial charge in [0, 0.05) is 19.0 Å². The number of amidine groups is 1. The third-order valence-electron chi connectivity index (χ3n) is 3.13. The highest BCUT2D eigenvalue weighted by molar-refractivity contribution is 8.15. The van der Waals surface area contributed by atoms with Crippen LogP contribution < -0.4 is 16.1 Å². The fourth-order valence-electron chi connectivity index (χ4n) is 1.96. The van der Waals surface area contributed by atoms with Gasteiger partial charge in [-0.3, -0.25) is 14.4 Å². The molecule has 1 aliphatic heterocycles. The number of carbonyl (C=O) groups is 3. The van der Waals surface area contributed by atoms with Crippen molar-refractivity contribution in [3.63, 3.8) is 0 Å². The Bertz CT molecular complexity index is 687. The van der Waals surface area contributed by atoms with E-state index in [2.05, 4.69) is 21.2 Å². The number of hydrazone groups is 1. The molecule has 1 fully saturated rings. The van der Waals surface area contributed by atoms with Crippen molar-refractivity contribution in [3.05, 3.63) is 29.3 Å². The Labute approximate surface area is 138 Å². The molecule has 0 spiro atoms. The Morgan fingerprint density at radius 1 is 1.35 bits per heavy atom. The van der Waals surface area contributed by atoms with Crippen LogP contribution in [0.2, 0.25) is 0 Å². The van der Waals surface area contributed by atoms with Crippen LogP contribution in [0.15, 0.2) is 23.3 Å². The molecule has 0 unspecified atom stereocenters. The third-order valence-corrected chi connectivity index (χ3v) is 4.21. The average molecular weight is 334 g/mol. The van der Waals surface area contributed by atoms with Crippen molar-refractivity contribution in [2.24, 2.45) is 5.10 Å². The summed E-state index contributed by atoms with van der Waals surface area (Å²) in [6, 6.07) is 5.79. The molecule has 3 N–H and O–H groups in total. The number of benzene rings is 1. The lowest BCUT2D eigenvalue weighted by Gasteiger charge is -2.10. The lowest BCUT2D eigenvalue weighted by Crippen LogP contribution is -2.29. The van der Waals surface area contributed by atoms with Crippen LogP contribution in [-0.2, 0) is 14.4 Å². The van der Waals surface area contributed by atoms with Gasteiger partial charge in [-0.1, -0.05) is 23.9 Å². The summed E-state index contributed by atoms with van der Waals surface area (Å²) in [6.45, 7) is 5.17. The molecule has 1 aromatic carbocycles. The molecule has 2 rings (SSSR count). The highest BCUT2D eigenvalue weighted by Crippen LogP contribution is 2.23. The Kier molecular flexibility index (Phi) is 5.38. The molecule has 1 aromatic rings. The molecule has 0 aromatic heterocycles. The van der Waals surface area contributed by atoms with Gasteiger partial charge in [-0.15, -0.1) is 5.10 Å². The van der Waals surface area contributed by atoms with Gasteiger partial charge in [0.2, 0.25) is 17.7 Å². The number of amides is 3. The minimum atomic E-state index is -0.562. The molecule has 23 heavy (non-hydrogen) atoms. The summed E-state index contributed by atoms with van der Waals surface area (Å²) >= 11 is 1.12. The van der Waals surface area contributed by atoms with Crippen LogP contribution >= 0.6 is 11.8 Å². The molecular weight excluding hydrogens is 316 g/mol. The lowest BCUT2D eigenvalue weighted by atomic mass is 10.1. The van der Waals surface area contributed by atoms with E-state index in [0.717, 1.165) is 28.6 Å². The summed E-state index contributed by atoms with van der Waals surface area (Å²) in [6.07, 6.45) is 0.0307. The zero-order valence-corrected chi connectivity index (χ0v) is 13.9. The largest absolute Gasteiger partial charge is 0.326 e. The molecule has 122 valence electrons. The molecular formula is C15H18N4O3S. The summed E-state index contributed by atoms with van der Waals surface area (Å²) in [5, 5.41) is 8.83. The number of thioether (sulfide) groups is 1.